The number of ether oxygens (including phenoxy) is 8. The number of nitrogens with one attached hydrogen (secondary N) is 1. The number of aliphatic hydroxyl groups is 17. The summed E-state index contributed by atoms with van der Waals surface area (Å²) in [5.74, 6) is 0. The fourth-order valence-corrected chi connectivity index (χ4v) is 8.09. The van der Waals surface area contributed by atoms with Crippen LogP contribution < -0.4 is 5.32 Å². The van der Waals surface area contributed by atoms with Gasteiger partial charge in [-0.05, 0) is 0 Å². The molecule has 18 N–H and O–H groups in total. The van der Waals surface area contributed by atoms with Crippen molar-refractivity contribution in [3.05, 3.63) is 0 Å². The molecule has 26 nitrogen and oxygen atoms in total. The fraction of sp³-hybridized carbons (Fsp3) is 1.00. The van der Waals surface area contributed by atoms with Gasteiger partial charge in [-0.25, -0.2) is 0 Å². The van der Waals surface area contributed by atoms with Crippen LogP contribution in [0, 0.1) is 0 Å². The van der Waals surface area contributed by atoms with E-state index in [1.807, 2.05) is 0 Å². The molecule has 26 atom stereocenters. The lowest BCUT2D eigenvalue weighted by Gasteiger charge is -2.49. The average Bonchev–Trinajstić information content (AvgIpc) is 3.96. The molecule has 0 amide bonds. The van der Waals surface area contributed by atoms with Gasteiger partial charge in [-0.3, -0.25) is 0 Å². The molecule has 1 aliphatic carbocycles. The zero-order chi connectivity index (χ0) is 41.8. The molecule has 0 aromatic rings. The smallest absolute Gasteiger partial charge is 0.187 e. The molecule has 6 aliphatic rings. The van der Waals surface area contributed by atoms with Crippen molar-refractivity contribution in [1.29, 1.82) is 0 Å². The summed E-state index contributed by atoms with van der Waals surface area (Å²) in [7, 11) is 0. The van der Waals surface area contributed by atoms with E-state index in [-0.39, 0.29) is 0 Å². The van der Waals surface area contributed by atoms with Crippen molar-refractivity contribution in [2.24, 2.45) is 0 Å². The molecule has 5 heterocycles. The van der Waals surface area contributed by atoms with Gasteiger partial charge in [0.2, 0.25) is 0 Å². The molecule has 0 bridgehead atoms. The van der Waals surface area contributed by atoms with Crippen molar-refractivity contribution < 1.29 is 125 Å². The summed E-state index contributed by atoms with van der Waals surface area (Å²) in [6, 6.07) is -2.66. The molecule has 5 saturated heterocycles. The first-order valence-corrected chi connectivity index (χ1v) is 18.2. The Morgan fingerprint density at radius 3 is 1.25 bits per heavy atom. The highest BCUT2D eigenvalue weighted by molar-refractivity contribution is 5.22. The van der Waals surface area contributed by atoms with Gasteiger partial charge in [-0.1, -0.05) is 0 Å². The zero-order valence-electron chi connectivity index (χ0n) is 29.8. The third-order valence-electron chi connectivity index (χ3n) is 11.5. The van der Waals surface area contributed by atoms with E-state index in [4.69, 9.17) is 37.9 Å². The summed E-state index contributed by atoms with van der Waals surface area (Å²) in [4.78, 5) is 0. The van der Waals surface area contributed by atoms with E-state index in [2.05, 4.69) is 5.32 Å². The molecule has 0 radical (unpaired) electrons. The van der Waals surface area contributed by atoms with Crippen molar-refractivity contribution >= 4 is 0 Å². The minimum absolute atomic E-state index is 0.731. The van der Waals surface area contributed by atoms with Gasteiger partial charge in [-0.2, -0.15) is 0 Å². The summed E-state index contributed by atoms with van der Waals surface area (Å²) in [6.45, 7) is -4.32. The van der Waals surface area contributed by atoms with Gasteiger partial charge >= 0.3 is 0 Å². The van der Waals surface area contributed by atoms with Crippen LogP contribution in [0.15, 0.2) is 0 Å². The molecular weight excluding hydrogens is 786 g/mol. The van der Waals surface area contributed by atoms with Crippen molar-refractivity contribution in [3.8, 4) is 0 Å². The maximum absolute atomic E-state index is 11.1. The van der Waals surface area contributed by atoms with Gasteiger partial charge < -0.3 is 130 Å². The standard InChI is InChI=1S/C31H53NO25/c33-1-6-10(32-11-13(39)17(43)25(48)31(5-37)26(11)57-31)12(38)19(45)28(51-6)55-23-8(3-35)53-30(21(47)15(23)41)56-24-9(4-36)52-29(20(46)16(24)42)54-22-7(2-34)50-27(49)18(44)14(22)40/h6-30,32-49H,1-5H2. The SMILES string of the molecule is OCC1OC(OC2C(CO)OC(OC3C(CO)OC(OC4C(CO)OC(O)C(O)C4O)C(O)C3O)C(O)C2O)C(O)C(O)C1NC1C(O)C(O)C(O)C2(CO)OC12. The molecule has 5 aliphatic heterocycles. The van der Waals surface area contributed by atoms with Gasteiger partial charge in [-0.15, -0.1) is 0 Å². The Bertz CT molecular complexity index is 1300. The molecule has 6 fully saturated rings. The first-order valence-electron chi connectivity index (χ1n) is 18.2. The van der Waals surface area contributed by atoms with Crippen LogP contribution in [0.1, 0.15) is 0 Å². The van der Waals surface area contributed by atoms with Crippen molar-refractivity contribution in [1.82, 2.24) is 5.32 Å². The van der Waals surface area contributed by atoms with E-state index in [0.29, 0.717) is 0 Å². The maximum Gasteiger partial charge on any atom is 0.187 e. The maximum atomic E-state index is 11.1. The minimum atomic E-state index is -2.10. The number of hydrogen-bond acceptors (Lipinski definition) is 26. The molecular formula is C31H53NO25. The van der Waals surface area contributed by atoms with Gasteiger partial charge in [0.15, 0.2) is 25.2 Å². The quantitative estimate of drug-likeness (QED) is 0.0766. The Morgan fingerprint density at radius 1 is 0.421 bits per heavy atom. The number of aliphatic hydroxyl groups excluding tert-OH is 17. The summed E-state index contributed by atoms with van der Waals surface area (Å²) in [5.41, 5.74) is -1.62. The fourth-order valence-electron chi connectivity index (χ4n) is 8.09. The molecule has 1 saturated carbocycles. The normalized spacial score (nSPS) is 55.6. The molecule has 0 aromatic carbocycles. The summed E-state index contributed by atoms with van der Waals surface area (Å²) < 4.78 is 44.0. The van der Waals surface area contributed by atoms with Gasteiger partial charge in [0.1, 0.15) is 122 Å². The molecule has 0 aromatic heterocycles. The molecule has 26 heteroatoms. The molecule has 0 spiro atoms. The Kier molecular flexibility index (Phi) is 14.5. The van der Waals surface area contributed by atoms with Crippen LogP contribution in [0.2, 0.25) is 0 Å². The largest absolute Gasteiger partial charge is 0.394 e. The van der Waals surface area contributed by atoms with Crippen molar-refractivity contribution in [2.45, 2.75) is 159 Å². The number of epoxide rings is 1. The monoisotopic (exact) mass is 839 g/mol. The number of fused-ring (bicyclic) bond motifs is 1. The topological polar surface area (TPSA) is 433 Å². The Balaban J connectivity index is 1.09. The van der Waals surface area contributed by atoms with Gasteiger partial charge in [0.05, 0.1) is 45.1 Å². The van der Waals surface area contributed by atoms with E-state index in [1.165, 1.54) is 0 Å². The van der Waals surface area contributed by atoms with E-state index in [1.54, 1.807) is 0 Å². The van der Waals surface area contributed by atoms with E-state index >= 15 is 0 Å². The van der Waals surface area contributed by atoms with Crippen LogP contribution in [0.4, 0.5) is 0 Å². The van der Waals surface area contributed by atoms with Crippen LogP contribution in [0.3, 0.4) is 0 Å². The Hall–Kier alpha value is -1.04. The molecule has 6 rings (SSSR count). The van der Waals surface area contributed by atoms with Crippen LogP contribution in [0.5, 0.6) is 0 Å². The van der Waals surface area contributed by atoms with E-state index < -0.39 is 192 Å². The van der Waals surface area contributed by atoms with Crippen LogP contribution in [-0.2, 0) is 37.9 Å². The number of rotatable bonds is 13. The molecule has 332 valence electrons. The van der Waals surface area contributed by atoms with E-state index in [9.17, 15) is 86.8 Å². The Morgan fingerprint density at radius 2 is 0.807 bits per heavy atom. The third-order valence-corrected chi connectivity index (χ3v) is 11.5. The second kappa shape index (κ2) is 18.1. The van der Waals surface area contributed by atoms with E-state index in [0.717, 1.165) is 0 Å². The highest BCUT2D eigenvalue weighted by atomic mass is 16.8. The lowest BCUT2D eigenvalue weighted by Crippen LogP contribution is -2.71. The predicted molar refractivity (Wildman–Crippen MR) is 171 cm³/mol. The molecule has 26 unspecified atom stereocenters. The zero-order valence-corrected chi connectivity index (χ0v) is 29.8. The second-order valence-corrected chi connectivity index (χ2v) is 14.9. The highest BCUT2D eigenvalue weighted by Gasteiger charge is 2.72. The summed E-state index contributed by atoms with van der Waals surface area (Å²) in [6.07, 6.45) is -41.0. The Labute approximate surface area is 322 Å². The predicted octanol–water partition coefficient (Wildman–Crippen LogP) is -12.6. The molecule has 57 heavy (non-hydrogen) atoms. The third kappa shape index (κ3) is 8.22. The highest BCUT2D eigenvalue weighted by Crippen LogP contribution is 2.48. The van der Waals surface area contributed by atoms with Crippen LogP contribution in [0.25, 0.3) is 0 Å². The first kappa shape index (κ1) is 45.5. The van der Waals surface area contributed by atoms with Crippen molar-refractivity contribution in [3.63, 3.8) is 0 Å². The van der Waals surface area contributed by atoms with Gasteiger partial charge in [0, 0.05) is 0 Å². The van der Waals surface area contributed by atoms with Crippen LogP contribution >= 0.6 is 0 Å². The summed E-state index contributed by atoms with van der Waals surface area (Å²) >= 11 is 0. The van der Waals surface area contributed by atoms with Crippen LogP contribution in [-0.4, -0.2) is 279 Å². The average molecular weight is 840 g/mol. The lowest BCUT2D eigenvalue weighted by molar-refractivity contribution is -0.386. The van der Waals surface area contributed by atoms with Gasteiger partial charge in [0.25, 0.3) is 0 Å². The second-order valence-electron chi connectivity index (χ2n) is 14.9. The van der Waals surface area contributed by atoms with Crippen molar-refractivity contribution in [2.75, 3.05) is 33.0 Å². The summed E-state index contributed by atoms with van der Waals surface area (Å²) in [5, 5.41) is 180. The number of hydrogen-bond donors (Lipinski definition) is 18. The first-order chi connectivity index (χ1) is 27.0. The minimum Gasteiger partial charge on any atom is -0.394 e. The lowest BCUT2D eigenvalue weighted by atomic mass is 9.79.